The third kappa shape index (κ3) is 8.32. The van der Waals surface area contributed by atoms with Gasteiger partial charge >= 0.3 is 0 Å². The van der Waals surface area contributed by atoms with Gasteiger partial charge in [-0.3, -0.25) is 13.9 Å². The first-order chi connectivity index (χ1) is 23.2. The zero-order chi connectivity index (χ0) is 34.1. The zero-order valence-electron chi connectivity index (χ0n) is 27.0. The van der Waals surface area contributed by atoms with Crippen molar-refractivity contribution in [3.63, 3.8) is 0 Å². The van der Waals surface area contributed by atoms with Gasteiger partial charge in [-0.1, -0.05) is 73.5 Å². The summed E-state index contributed by atoms with van der Waals surface area (Å²) in [5.74, 6) is -0.855. The summed E-state index contributed by atoms with van der Waals surface area (Å²) in [5.41, 5.74) is 1.49. The number of hydrogen-bond acceptors (Lipinski definition) is 6. The van der Waals surface area contributed by atoms with Crippen LogP contribution < -0.4 is 19.1 Å². The number of nitrogens with one attached hydrogen (secondary N) is 1. The summed E-state index contributed by atoms with van der Waals surface area (Å²) < 4.78 is 54.5. The third-order valence-corrected chi connectivity index (χ3v) is 10.3. The molecule has 1 saturated carbocycles. The van der Waals surface area contributed by atoms with Gasteiger partial charge in [0.05, 0.1) is 24.8 Å². The molecule has 0 bridgehead atoms. The van der Waals surface area contributed by atoms with Gasteiger partial charge in [0, 0.05) is 25.1 Å². The van der Waals surface area contributed by atoms with Crippen LogP contribution in [0.5, 0.6) is 11.5 Å². The highest BCUT2D eigenvalue weighted by Crippen LogP contribution is 2.36. The van der Waals surface area contributed by atoms with Crippen LogP contribution in [0.2, 0.25) is 0 Å². The lowest BCUT2D eigenvalue weighted by Gasteiger charge is -2.34. The summed E-state index contributed by atoms with van der Waals surface area (Å²) in [6.45, 7) is -0.729. The first-order valence-corrected chi connectivity index (χ1v) is 17.3. The van der Waals surface area contributed by atoms with Gasteiger partial charge in [0.15, 0.2) is 0 Å². The fourth-order valence-corrected chi connectivity index (χ4v) is 7.37. The predicted molar refractivity (Wildman–Crippen MR) is 182 cm³/mol. The first kappa shape index (κ1) is 34.4. The van der Waals surface area contributed by atoms with Gasteiger partial charge < -0.3 is 19.7 Å². The van der Waals surface area contributed by atoms with Crippen molar-refractivity contribution in [3.05, 3.63) is 120 Å². The van der Waals surface area contributed by atoms with Crippen LogP contribution in [0.25, 0.3) is 0 Å². The highest BCUT2D eigenvalue weighted by molar-refractivity contribution is 7.92. The Morgan fingerprint density at radius 1 is 0.854 bits per heavy atom. The summed E-state index contributed by atoms with van der Waals surface area (Å²) in [7, 11) is -1.48. The van der Waals surface area contributed by atoms with Crippen molar-refractivity contribution >= 4 is 27.5 Å². The van der Waals surface area contributed by atoms with Gasteiger partial charge in [0.2, 0.25) is 11.8 Å². The van der Waals surface area contributed by atoms with Gasteiger partial charge in [0.25, 0.3) is 10.0 Å². The molecule has 0 unspecified atom stereocenters. The molecule has 1 atom stereocenters. The van der Waals surface area contributed by atoms with Crippen molar-refractivity contribution in [1.82, 2.24) is 10.2 Å². The average molecular weight is 674 g/mol. The number of benzene rings is 4. The van der Waals surface area contributed by atoms with Crippen molar-refractivity contribution < 1.29 is 31.9 Å². The summed E-state index contributed by atoms with van der Waals surface area (Å²) in [4.78, 5) is 30.2. The molecule has 4 aromatic rings. The normalized spacial score (nSPS) is 13.8. The van der Waals surface area contributed by atoms with E-state index in [1.165, 1.54) is 49.5 Å². The Balaban J connectivity index is 1.60. The third-order valence-electron chi connectivity index (χ3n) is 8.50. The summed E-state index contributed by atoms with van der Waals surface area (Å²) in [6, 6.07) is 26.5. The maximum Gasteiger partial charge on any atom is 0.264 e. The molecular formula is C37H40FN3O6S. The molecule has 4 aromatic carbocycles. The Bertz CT molecular complexity index is 1780. The quantitative estimate of drug-likeness (QED) is 0.183. The predicted octanol–water partition coefficient (Wildman–Crippen LogP) is 5.74. The molecule has 1 aliphatic carbocycles. The van der Waals surface area contributed by atoms with E-state index >= 15 is 0 Å². The van der Waals surface area contributed by atoms with E-state index in [1.807, 2.05) is 30.3 Å². The van der Waals surface area contributed by atoms with E-state index in [-0.39, 0.29) is 41.2 Å². The molecule has 1 fully saturated rings. The molecular weight excluding hydrogens is 633 g/mol. The summed E-state index contributed by atoms with van der Waals surface area (Å²) in [6.07, 6.45) is 3.87. The largest absolute Gasteiger partial charge is 0.497 e. The van der Waals surface area contributed by atoms with Gasteiger partial charge in [-0.05, 0) is 60.4 Å². The van der Waals surface area contributed by atoms with E-state index in [0.29, 0.717) is 11.3 Å². The Morgan fingerprint density at radius 3 is 2.12 bits per heavy atom. The van der Waals surface area contributed by atoms with Crippen molar-refractivity contribution in [2.75, 3.05) is 25.1 Å². The van der Waals surface area contributed by atoms with Crippen LogP contribution in [0.4, 0.5) is 10.1 Å². The lowest BCUT2D eigenvalue weighted by Crippen LogP contribution is -2.54. The van der Waals surface area contributed by atoms with E-state index in [1.54, 1.807) is 42.5 Å². The van der Waals surface area contributed by atoms with Crippen LogP contribution in [-0.4, -0.2) is 58.0 Å². The Hall–Kier alpha value is -4.90. The fourth-order valence-electron chi connectivity index (χ4n) is 5.93. The molecule has 1 N–H and O–H groups in total. The SMILES string of the molecule is COc1ccc(OC)c(N(CC(=O)N(Cc2ccc(F)cc2)[C@@H](Cc2ccccc2)C(=O)NC2CCCC2)S(=O)(=O)c2ccccc2)c1. The van der Waals surface area contributed by atoms with Gasteiger partial charge in [0.1, 0.15) is 29.9 Å². The molecule has 0 aromatic heterocycles. The first-order valence-electron chi connectivity index (χ1n) is 15.9. The second-order valence-corrected chi connectivity index (χ2v) is 13.6. The van der Waals surface area contributed by atoms with Crippen LogP contribution in [0.1, 0.15) is 36.8 Å². The van der Waals surface area contributed by atoms with Gasteiger partial charge in [-0.25, -0.2) is 12.8 Å². The van der Waals surface area contributed by atoms with Crippen molar-refractivity contribution in [1.29, 1.82) is 0 Å². The monoisotopic (exact) mass is 673 g/mol. The number of carbonyl (C=O) groups excluding carboxylic acids is 2. The maximum atomic E-state index is 14.7. The number of nitrogens with zero attached hydrogens (tertiary/aromatic N) is 2. The number of amides is 2. The Labute approximate surface area is 281 Å². The topological polar surface area (TPSA) is 105 Å². The van der Waals surface area contributed by atoms with E-state index in [2.05, 4.69) is 5.32 Å². The standard InChI is InChI=1S/C37H40FN3O6S/c1-46-31-21-22-35(47-2)33(24-31)41(48(44,45)32-15-7-4-8-16-32)26-36(42)40(25-28-17-19-29(38)20-18-28)34(23-27-11-5-3-6-12-27)37(43)39-30-13-9-10-14-30/h3-8,11-12,15-22,24,30,34H,9-10,13-14,23,25-26H2,1-2H3,(H,39,43)/t34-/m0/s1. The number of halogens is 1. The van der Waals surface area contributed by atoms with E-state index in [4.69, 9.17) is 9.47 Å². The number of hydrogen-bond donors (Lipinski definition) is 1. The second kappa shape index (κ2) is 15.8. The van der Waals surface area contributed by atoms with E-state index in [9.17, 15) is 22.4 Å². The Kier molecular flexibility index (Phi) is 11.3. The molecule has 5 rings (SSSR count). The lowest BCUT2D eigenvalue weighted by molar-refractivity contribution is -0.140. The minimum Gasteiger partial charge on any atom is -0.497 e. The molecule has 1 aliphatic rings. The average Bonchev–Trinajstić information content (AvgIpc) is 3.63. The van der Waals surface area contributed by atoms with Crippen LogP contribution in [-0.2, 0) is 32.6 Å². The van der Waals surface area contributed by atoms with Gasteiger partial charge in [-0.2, -0.15) is 0 Å². The number of anilines is 1. The zero-order valence-corrected chi connectivity index (χ0v) is 27.9. The van der Waals surface area contributed by atoms with Gasteiger partial charge in [-0.15, -0.1) is 0 Å². The molecule has 0 aliphatic heterocycles. The summed E-state index contributed by atoms with van der Waals surface area (Å²) in [5, 5.41) is 3.14. The minimum absolute atomic E-state index is 0.0189. The van der Waals surface area contributed by atoms with Crippen molar-refractivity contribution in [2.24, 2.45) is 0 Å². The lowest BCUT2D eigenvalue weighted by atomic mass is 10.0. The molecule has 0 radical (unpaired) electrons. The van der Waals surface area contributed by atoms with Crippen LogP contribution in [0.3, 0.4) is 0 Å². The fraction of sp³-hybridized carbons (Fsp3) is 0.297. The highest BCUT2D eigenvalue weighted by Gasteiger charge is 2.36. The smallest absolute Gasteiger partial charge is 0.264 e. The van der Waals surface area contributed by atoms with Crippen molar-refractivity contribution in [3.8, 4) is 11.5 Å². The van der Waals surface area contributed by atoms with Crippen LogP contribution in [0.15, 0.2) is 108 Å². The molecule has 48 heavy (non-hydrogen) atoms. The number of carbonyl (C=O) groups is 2. The maximum absolute atomic E-state index is 14.7. The molecule has 9 nitrogen and oxygen atoms in total. The molecule has 2 amide bonds. The number of sulfonamides is 1. The number of methoxy groups -OCH3 is 2. The minimum atomic E-state index is -4.34. The number of rotatable bonds is 14. The van der Waals surface area contributed by atoms with Crippen molar-refractivity contribution in [2.45, 2.75) is 55.6 Å². The highest BCUT2D eigenvalue weighted by atomic mass is 32.2. The van der Waals surface area contributed by atoms with Crippen LogP contribution >= 0.6 is 0 Å². The second-order valence-electron chi connectivity index (χ2n) is 11.7. The van der Waals surface area contributed by atoms with E-state index in [0.717, 1.165) is 35.6 Å². The van der Waals surface area contributed by atoms with E-state index < -0.39 is 34.3 Å². The Morgan fingerprint density at radius 2 is 1.50 bits per heavy atom. The molecule has 11 heteroatoms. The molecule has 0 heterocycles. The molecule has 0 saturated heterocycles. The molecule has 252 valence electrons. The van der Waals surface area contributed by atoms with Crippen LogP contribution in [0, 0.1) is 5.82 Å². The number of ether oxygens (including phenoxy) is 2. The molecule has 0 spiro atoms. The summed E-state index contributed by atoms with van der Waals surface area (Å²) >= 11 is 0.